The highest BCUT2D eigenvalue weighted by Crippen LogP contribution is 2.34. The number of amides is 1. The lowest BCUT2D eigenvalue weighted by Gasteiger charge is -2.13. The molecule has 1 aromatic carbocycles. The number of rotatable bonds is 6. The predicted octanol–water partition coefficient (Wildman–Crippen LogP) is 4.22. The molecule has 0 spiro atoms. The van der Waals surface area contributed by atoms with Crippen LogP contribution >= 0.6 is 23.1 Å². The molecule has 142 valence electrons. The molecular formula is C17H15F3N4OS2. The first kappa shape index (κ1) is 19.4. The molecule has 0 saturated heterocycles. The molecule has 0 radical (unpaired) electrons. The maximum atomic E-state index is 13.0. The zero-order valence-corrected chi connectivity index (χ0v) is 15.8. The van der Waals surface area contributed by atoms with Crippen molar-refractivity contribution in [1.29, 1.82) is 0 Å². The van der Waals surface area contributed by atoms with Gasteiger partial charge in [-0.15, -0.1) is 21.5 Å². The highest BCUT2D eigenvalue weighted by Gasteiger charge is 2.33. The molecule has 0 unspecified atom stereocenters. The van der Waals surface area contributed by atoms with Crippen LogP contribution in [0.15, 0.2) is 46.9 Å². The molecule has 0 atom stereocenters. The molecule has 10 heteroatoms. The fraction of sp³-hybridized carbons (Fsp3) is 0.235. The number of halogens is 3. The van der Waals surface area contributed by atoms with Crippen molar-refractivity contribution in [2.45, 2.75) is 17.8 Å². The second-order valence-corrected chi connectivity index (χ2v) is 7.57. The molecule has 2 heterocycles. The van der Waals surface area contributed by atoms with E-state index in [1.54, 1.807) is 23.0 Å². The number of carbonyl (C=O) groups excluding carboxylic acids is 1. The van der Waals surface area contributed by atoms with Gasteiger partial charge in [0, 0.05) is 18.3 Å². The molecule has 2 aromatic heterocycles. The van der Waals surface area contributed by atoms with Gasteiger partial charge in [0.05, 0.1) is 17.0 Å². The summed E-state index contributed by atoms with van der Waals surface area (Å²) in [6.07, 6.45) is -3.90. The van der Waals surface area contributed by atoms with Crippen LogP contribution in [0.1, 0.15) is 16.3 Å². The third-order valence-corrected chi connectivity index (χ3v) is 5.57. The summed E-state index contributed by atoms with van der Waals surface area (Å²) in [7, 11) is 1.79. The van der Waals surface area contributed by atoms with E-state index in [-0.39, 0.29) is 11.4 Å². The number of thioether (sulfide) groups is 1. The first-order chi connectivity index (χ1) is 12.8. The molecule has 1 N–H and O–H groups in total. The van der Waals surface area contributed by atoms with Crippen LogP contribution in [0.3, 0.4) is 0 Å². The Labute approximate surface area is 161 Å². The van der Waals surface area contributed by atoms with Crippen molar-refractivity contribution in [3.05, 3.63) is 58.0 Å². The van der Waals surface area contributed by atoms with E-state index in [1.165, 1.54) is 18.2 Å². The topological polar surface area (TPSA) is 59.8 Å². The summed E-state index contributed by atoms with van der Waals surface area (Å²) in [5.41, 5.74) is -1.13. The van der Waals surface area contributed by atoms with Crippen LogP contribution in [-0.2, 0) is 24.4 Å². The number of nitrogens with zero attached hydrogens (tertiary/aromatic N) is 3. The minimum absolute atomic E-state index is 0.0723. The van der Waals surface area contributed by atoms with E-state index < -0.39 is 17.6 Å². The van der Waals surface area contributed by atoms with Crippen molar-refractivity contribution in [3.63, 3.8) is 0 Å². The number of alkyl halides is 3. The predicted molar refractivity (Wildman–Crippen MR) is 98.9 cm³/mol. The Kier molecular flexibility index (Phi) is 5.85. The quantitative estimate of drug-likeness (QED) is 0.616. The Bertz CT molecular complexity index is 923. The van der Waals surface area contributed by atoms with Crippen molar-refractivity contribution in [2.24, 2.45) is 7.05 Å². The number of hydrogen-bond acceptors (Lipinski definition) is 5. The zero-order valence-electron chi connectivity index (χ0n) is 14.2. The van der Waals surface area contributed by atoms with E-state index in [0.29, 0.717) is 11.6 Å². The van der Waals surface area contributed by atoms with E-state index in [0.717, 1.165) is 28.5 Å². The third-order valence-electron chi connectivity index (χ3n) is 3.68. The van der Waals surface area contributed by atoms with Crippen molar-refractivity contribution in [1.82, 2.24) is 14.8 Å². The molecule has 1 amide bonds. The molecule has 0 aliphatic carbocycles. The number of carbonyl (C=O) groups is 1. The standard InChI is InChI=1S/C17H15F3N4OS2/c1-24-14(9-11-5-4-8-26-11)22-23-16(24)27-10-15(25)21-13-7-3-2-6-12(13)17(18,19)20/h2-8H,9-10H2,1H3,(H,21,25). The summed E-state index contributed by atoms with van der Waals surface area (Å²) in [6.45, 7) is 0. The number of hydrogen-bond donors (Lipinski definition) is 1. The Balaban J connectivity index is 1.61. The molecule has 0 aliphatic rings. The maximum Gasteiger partial charge on any atom is 0.418 e. The van der Waals surface area contributed by atoms with E-state index in [9.17, 15) is 18.0 Å². The van der Waals surface area contributed by atoms with E-state index >= 15 is 0 Å². The molecule has 5 nitrogen and oxygen atoms in total. The second kappa shape index (κ2) is 8.13. The van der Waals surface area contributed by atoms with Crippen molar-refractivity contribution in [3.8, 4) is 0 Å². The smallest absolute Gasteiger partial charge is 0.325 e. The van der Waals surface area contributed by atoms with Gasteiger partial charge in [-0.1, -0.05) is 30.0 Å². The Morgan fingerprint density at radius 1 is 1.22 bits per heavy atom. The van der Waals surface area contributed by atoms with Gasteiger partial charge in [-0.2, -0.15) is 13.2 Å². The van der Waals surface area contributed by atoms with Gasteiger partial charge in [0.2, 0.25) is 5.91 Å². The molecule has 27 heavy (non-hydrogen) atoms. The third kappa shape index (κ3) is 4.89. The molecule has 0 fully saturated rings. The highest BCUT2D eigenvalue weighted by atomic mass is 32.2. The second-order valence-electron chi connectivity index (χ2n) is 5.59. The van der Waals surface area contributed by atoms with Gasteiger partial charge >= 0.3 is 6.18 Å². The first-order valence-corrected chi connectivity index (χ1v) is 9.70. The number of thiophene rings is 1. The lowest BCUT2D eigenvalue weighted by molar-refractivity contribution is -0.137. The number of aromatic nitrogens is 3. The van der Waals surface area contributed by atoms with Crippen molar-refractivity contribution in [2.75, 3.05) is 11.1 Å². The summed E-state index contributed by atoms with van der Waals surface area (Å²) in [5.74, 6) is 0.138. The zero-order chi connectivity index (χ0) is 19.4. The van der Waals surface area contributed by atoms with Crippen LogP contribution in [0.4, 0.5) is 18.9 Å². The van der Waals surface area contributed by atoms with Gasteiger partial charge in [-0.25, -0.2) is 0 Å². The minimum atomic E-state index is -4.53. The van der Waals surface area contributed by atoms with Gasteiger partial charge in [0.1, 0.15) is 5.82 Å². The van der Waals surface area contributed by atoms with Crippen molar-refractivity contribution >= 4 is 34.7 Å². The fourth-order valence-electron chi connectivity index (χ4n) is 2.35. The molecule has 0 aliphatic heterocycles. The minimum Gasteiger partial charge on any atom is -0.325 e. The Morgan fingerprint density at radius 2 is 2.00 bits per heavy atom. The van der Waals surface area contributed by atoms with Crippen LogP contribution in [0.25, 0.3) is 0 Å². The van der Waals surface area contributed by atoms with Crippen LogP contribution < -0.4 is 5.32 Å². The van der Waals surface area contributed by atoms with Gasteiger partial charge in [0.15, 0.2) is 5.16 Å². The summed E-state index contributed by atoms with van der Waals surface area (Å²) in [6, 6.07) is 8.83. The van der Waals surface area contributed by atoms with Crippen LogP contribution in [0.2, 0.25) is 0 Å². The largest absolute Gasteiger partial charge is 0.418 e. The fourth-order valence-corrected chi connectivity index (χ4v) is 3.78. The average molecular weight is 412 g/mol. The van der Waals surface area contributed by atoms with Gasteiger partial charge in [-0.3, -0.25) is 4.79 Å². The number of para-hydroxylation sites is 1. The number of anilines is 1. The molecule has 0 bridgehead atoms. The first-order valence-electron chi connectivity index (χ1n) is 7.84. The van der Waals surface area contributed by atoms with Crippen LogP contribution in [-0.4, -0.2) is 26.4 Å². The van der Waals surface area contributed by atoms with Gasteiger partial charge in [0.25, 0.3) is 0 Å². The SMILES string of the molecule is Cn1c(Cc2cccs2)nnc1SCC(=O)Nc1ccccc1C(F)(F)F. The lowest BCUT2D eigenvalue weighted by Crippen LogP contribution is -2.18. The van der Waals surface area contributed by atoms with E-state index in [2.05, 4.69) is 15.5 Å². The summed E-state index contributed by atoms with van der Waals surface area (Å²) < 4.78 is 40.7. The van der Waals surface area contributed by atoms with E-state index in [1.807, 2.05) is 17.5 Å². The molecular weight excluding hydrogens is 397 g/mol. The highest BCUT2D eigenvalue weighted by molar-refractivity contribution is 7.99. The Hall–Kier alpha value is -2.33. The van der Waals surface area contributed by atoms with E-state index in [4.69, 9.17) is 0 Å². The molecule has 3 rings (SSSR count). The molecule has 3 aromatic rings. The van der Waals surface area contributed by atoms with Crippen LogP contribution in [0, 0.1) is 0 Å². The summed E-state index contributed by atoms with van der Waals surface area (Å²) in [5, 5.41) is 13.0. The maximum absolute atomic E-state index is 13.0. The normalized spacial score (nSPS) is 11.6. The number of benzene rings is 1. The lowest BCUT2D eigenvalue weighted by atomic mass is 10.1. The van der Waals surface area contributed by atoms with Gasteiger partial charge < -0.3 is 9.88 Å². The van der Waals surface area contributed by atoms with Gasteiger partial charge in [-0.05, 0) is 23.6 Å². The summed E-state index contributed by atoms with van der Waals surface area (Å²) >= 11 is 2.74. The monoisotopic (exact) mass is 412 g/mol. The van der Waals surface area contributed by atoms with Crippen LogP contribution in [0.5, 0.6) is 0 Å². The average Bonchev–Trinajstić information content (AvgIpc) is 3.24. The number of nitrogens with one attached hydrogen (secondary N) is 1. The van der Waals surface area contributed by atoms with Crippen molar-refractivity contribution < 1.29 is 18.0 Å². The summed E-state index contributed by atoms with van der Waals surface area (Å²) in [4.78, 5) is 13.2. The molecule has 0 saturated carbocycles. The Morgan fingerprint density at radius 3 is 2.70 bits per heavy atom.